The summed E-state index contributed by atoms with van der Waals surface area (Å²) in [5.74, 6) is 0.612. The zero-order chi connectivity index (χ0) is 23.0. The Morgan fingerprint density at radius 3 is 2.58 bits per heavy atom. The molecule has 5 rings (SSSR count). The molecule has 0 fully saturated rings. The first kappa shape index (κ1) is 21.3. The maximum atomic E-state index is 13.8. The lowest BCUT2D eigenvalue weighted by molar-refractivity contribution is -0.117. The van der Waals surface area contributed by atoms with Crippen LogP contribution in [0.25, 0.3) is 0 Å². The smallest absolute Gasteiger partial charge is 0.264 e. The largest absolute Gasteiger partial charge is 0.486 e. The SMILES string of the molecule is Cc1cccc(N(CC(=O)N2CCc3ccccc32)S(=O)(=O)c2ccc3c(c2)OCCO3)c1. The Labute approximate surface area is 193 Å². The van der Waals surface area contributed by atoms with E-state index in [1.54, 1.807) is 29.2 Å². The van der Waals surface area contributed by atoms with Gasteiger partial charge in [-0.2, -0.15) is 0 Å². The number of hydrogen-bond acceptors (Lipinski definition) is 5. The molecule has 0 unspecified atom stereocenters. The Morgan fingerprint density at radius 2 is 1.76 bits per heavy atom. The highest BCUT2D eigenvalue weighted by Gasteiger charge is 2.32. The van der Waals surface area contributed by atoms with Gasteiger partial charge in [-0.25, -0.2) is 8.42 Å². The molecule has 170 valence electrons. The first-order valence-corrected chi connectivity index (χ1v) is 12.2. The van der Waals surface area contributed by atoms with Crippen molar-refractivity contribution in [3.05, 3.63) is 77.9 Å². The van der Waals surface area contributed by atoms with Gasteiger partial charge in [-0.15, -0.1) is 0 Å². The Morgan fingerprint density at radius 1 is 0.970 bits per heavy atom. The van der Waals surface area contributed by atoms with Crippen molar-refractivity contribution >= 4 is 27.3 Å². The van der Waals surface area contributed by atoms with E-state index in [-0.39, 0.29) is 17.3 Å². The average molecular weight is 465 g/mol. The normalized spacial score (nSPS) is 14.6. The molecule has 3 aromatic carbocycles. The van der Waals surface area contributed by atoms with Crippen LogP contribution in [0.15, 0.2) is 71.6 Å². The van der Waals surface area contributed by atoms with Crippen LogP contribution >= 0.6 is 0 Å². The van der Waals surface area contributed by atoms with Crippen molar-refractivity contribution in [2.24, 2.45) is 0 Å². The molecule has 0 aliphatic carbocycles. The number of nitrogens with zero attached hydrogens (tertiary/aromatic N) is 2. The van der Waals surface area contributed by atoms with Crippen molar-refractivity contribution in [3.8, 4) is 11.5 Å². The number of fused-ring (bicyclic) bond motifs is 2. The monoisotopic (exact) mass is 464 g/mol. The van der Waals surface area contributed by atoms with E-state index in [2.05, 4.69) is 0 Å². The maximum absolute atomic E-state index is 13.8. The van der Waals surface area contributed by atoms with Crippen molar-refractivity contribution in [1.29, 1.82) is 0 Å². The van der Waals surface area contributed by atoms with Crippen molar-refractivity contribution in [2.75, 3.05) is 35.5 Å². The number of carbonyl (C=O) groups is 1. The lowest BCUT2D eigenvalue weighted by atomic mass is 10.2. The van der Waals surface area contributed by atoms with Crippen LogP contribution in [0.4, 0.5) is 11.4 Å². The number of aryl methyl sites for hydroxylation is 1. The van der Waals surface area contributed by atoms with E-state index in [9.17, 15) is 13.2 Å². The Bertz CT molecular complexity index is 1320. The fourth-order valence-corrected chi connectivity index (χ4v) is 5.64. The van der Waals surface area contributed by atoms with Crippen LogP contribution in [0, 0.1) is 6.92 Å². The minimum absolute atomic E-state index is 0.0443. The zero-order valence-electron chi connectivity index (χ0n) is 18.2. The third kappa shape index (κ3) is 4.02. The third-order valence-electron chi connectivity index (χ3n) is 5.86. The number of carbonyl (C=O) groups excluding carboxylic acids is 1. The number of sulfonamides is 1. The lowest BCUT2D eigenvalue weighted by Crippen LogP contribution is -2.42. The van der Waals surface area contributed by atoms with Gasteiger partial charge in [0, 0.05) is 18.3 Å². The second-order valence-corrected chi connectivity index (χ2v) is 9.94. The predicted octanol–water partition coefficient (Wildman–Crippen LogP) is 3.55. The highest BCUT2D eigenvalue weighted by atomic mass is 32.2. The van der Waals surface area contributed by atoms with Gasteiger partial charge in [-0.05, 0) is 54.8 Å². The van der Waals surface area contributed by atoms with E-state index in [1.165, 1.54) is 16.4 Å². The minimum atomic E-state index is -4.06. The summed E-state index contributed by atoms with van der Waals surface area (Å²) in [5, 5.41) is 0. The predicted molar refractivity (Wildman–Crippen MR) is 126 cm³/mol. The van der Waals surface area contributed by atoms with Crippen LogP contribution in [-0.2, 0) is 21.2 Å². The number of hydrogen-bond donors (Lipinski definition) is 0. The summed E-state index contributed by atoms with van der Waals surface area (Å²) in [4.78, 5) is 15.1. The zero-order valence-corrected chi connectivity index (χ0v) is 19.0. The summed E-state index contributed by atoms with van der Waals surface area (Å²) in [6, 6.07) is 19.4. The fraction of sp³-hybridized carbons (Fsp3) is 0.240. The molecular weight excluding hydrogens is 440 g/mol. The van der Waals surface area contributed by atoms with E-state index in [4.69, 9.17) is 9.47 Å². The summed E-state index contributed by atoms with van der Waals surface area (Å²) >= 11 is 0. The van der Waals surface area contributed by atoms with Crippen molar-refractivity contribution < 1.29 is 22.7 Å². The molecule has 33 heavy (non-hydrogen) atoms. The number of benzene rings is 3. The molecular formula is C25H24N2O5S. The van der Waals surface area contributed by atoms with Crippen LogP contribution in [0.5, 0.6) is 11.5 Å². The summed E-state index contributed by atoms with van der Waals surface area (Å²) < 4.78 is 39.8. The fourth-order valence-electron chi connectivity index (χ4n) is 4.22. The Hall–Kier alpha value is -3.52. The first-order chi connectivity index (χ1) is 15.9. The Kier molecular flexibility index (Phi) is 5.46. The van der Waals surface area contributed by atoms with Crippen molar-refractivity contribution in [1.82, 2.24) is 0 Å². The highest BCUT2D eigenvalue weighted by Crippen LogP contribution is 2.35. The number of para-hydroxylation sites is 1. The molecule has 1 amide bonds. The summed E-state index contributed by atoms with van der Waals surface area (Å²) in [7, 11) is -4.06. The van der Waals surface area contributed by atoms with E-state index in [0.29, 0.717) is 36.9 Å². The Balaban J connectivity index is 1.52. The number of rotatable bonds is 5. The standard InChI is InChI=1S/C25H24N2O5S/c1-18-5-4-7-20(15-18)27(17-25(28)26-12-11-19-6-2-3-8-22(19)26)33(29,30)21-9-10-23-24(16-21)32-14-13-31-23/h2-10,15-16H,11-14,17H2,1H3. The van der Waals surface area contributed by atoms with Crippen LogP contribution < -0.4 is 18.7 Å². The molecule has 0 saturated carbocycles. The maximum Gasteiger partial charge on any atom is 0.264 e. The molecule has 0 aromatic heterocycles. The van der Waals surface area contributed by atoms with Gasteiger partial charge < -0.3 is 14.4 Å². The minimum Gasteiger partial charge on any atom is -0.486 e. The van der Waals surface area contributed by atoms with Crippen molar-refractivity contribution in [3.63, 3.8) is 0 Å². The lowest BCUT2D eigenvalue weighted by Gasteiger charge is -2.27. The van der Waals surface area contributed by atoms with E-state index >= 15 is 0 Å². The number of ether oxygens (including phenoxy) is 2. The molecule has 8 heteroatoms. The van der Waals surface area contributed by atoms with E-state index < -0.39 is 10.0 Å². The molecule has 2 heterocycles. The average Bonchev–Trinajstić information content (AvgIpc) is 3.26. The third-order valence-corrected chi connectivity index (χ3v) is 7.63. The molecule has 0 N–H and O–H groups in total. The van der Waals surface area contributed by atoms with Crippen LogP contribution in [0.1, 0.15) is 11.1 Å². The second-order valence-electron chi connectivity index (χ2n) is 8.08. The molecule has 0 atom stereocenters. The van der Waals surface area contributed by atoms with Crippen LogP contribution in [-0.4, -0.2) is 40.6 Å². The van der Waals surface area contributed by atoms with Gasteiger partial charge in [-0.1, -0.05) is 30.3 Å². The van der Waals surface area contributed by atoms with Crippen LogP contribution in [0.3, 0.4) is 0 Å². The first-order valence-electron chi connectivity index (χ1n) is 10.8. The molecule has 0 spiro atoms. The topological polar surface area (TPSA) is 76.2 Å². The highest BCUT2D eigenvalue weighted by molar-refractivity contribution is 7.92. The number of anilines is 2. The molecule has 0 bridgehead atoms. The van der Waals surface area contributed by atoms with Gasteiger partial charge in [0.1, 0.15) is 19.8 Å². The molecule has 0 radical (unpaired) electrons. The van der Waals surface area contributed by atoms with Gasteiger partial charge in [0.25, 0.3) is 10.0 Å². The summed E-state index contributed by atoms with van der Waals surface area (Å²) in [5.41, 5.74) is 3.26. The molecule has 3 aromatic rings. The second kappa shape index (κ2) is 8.44. The quantitative estimate of drug-likeness (QED) is 0.577. The summed E-state index contributed by atoms with van der Waals surface area (Å²) in [6.07, 6.45) is 0.751. The van der Waals surface area contributed by atoms with Gasteiger partial charge in [-0.3, -0.25) is 9.10 Å². The van der Waals surface area contributed by atoms with Gasteiger partial charge in [0.15, 0.2) is 11.5 Å². The van der Waals surface area contributed by atoms with Gasteiger partial charge >= 0.3 is 0 Å². The molecule has 2 aliphatic rings. The van der Waals surface area contributed by atoms with Crippen molar-refractivity contribution in [2.45, 2.75) is 18.2 Å². The van der Waals surface area contributed by atoms with E-state index in [1.807, 2.05) is 37.3 Å². The molecule has 2 aliphatic heterocycles. The molecule has 0 saturated heterocycles. The van der Waals surface area contributed by atoms with Gasteiger partial charge in [0.05, 0.1) is 10.6 Å². The van der Waals surface area contributed by atoms with E-state index in [0.717, 1.165) is 23.2 Å². The molecule has 7 nitrogen and oxygen atoms in total. The number of amides is 1. The van der Waals surface area contributed by atoms with Gasteiger partial charge in [0.2, 0.25) is 5.91 Å². The summed E-state index contributed by atoms with van der Waals surface area (Å²) in [6.45, 7) is 2.88. The van der Waals surface area contributed by atoms with Crippen LogP contribution in [0.2, 0.25) is 0 Å².